The number of carbonyl (C=O) groups excluding carboxylic acids is 1. The molecule has 2 aliphatic rings. The second-order valence-electron chi connectivity index (χ2n) is 6.64. The van der Waals surface area contributed by atoms with E-state index in [1.54, 1.807) is 0 Å². The van der Waals surface area contributed by atoms with E-state index in [9.17, 15) is 4.79 Å². The molecule has 0 saturated heterocycles. The highest BCUT2D eigenvalue weighted by atomic mass is 79.9. The van der Waals surface area contributed by atoms with Gasteiger partial charge in [-0.1, -0.05) is 34.1 Å². The van der Waals surface area contributed by atoms with Gasteiger partial charge in [0.1, 0.15) is 0 Å². The monoisotopic (exact) mass is 350 g/mol. The van der Waals surface area contributed by atoms with Gasteiger partial charge in [-0.3, -0.25) is 4.79 Å². The Balaban J connectivity index is 1.59. The van der Waals surface area contributed by atoms with Gasteiger partial charge in [-0.15, -0.1) is 0 Å². The van der Waals surface area contributed by atoms with Crippen molar-refractivity contribution >= 4 is 21.8 Å². The standard InChI is InChI=1S/C17H23BrN2O/c1-10(8-11-4-2-3-5-14(11)18)20-17(21)15-12-6-7-13(9-12)16(15)19/h2-5,10,12-13,15-16H,6-9,19H2,1H3,(H,20,21). The molecular formula is C17H23BrN2O. The number of hydrogen-bond acceptors (Lipinski definition) is 2. The van der Waals surface area contributed by atoms with Crippen molar-refractivity contribution in [3.8, 4) is 0 Å². The van der Waals surface area contributed by atoms with Gasteiger partial charge in [-0.2, -0.15) is 0 Å². The fraction of sp³-hybridized carbons (Fsp3) is 0.588. The summed E-state index contributed by atoms with van der Waals surface area (Å²) in [5.41, 5.74) is 7.47. The number of rotatable bonds is 4. The fourth-order valence-corrected chi connectivity index (χ4v) is 4.56. The van der Waals surface area contributed by atoms with E-state index in [0.717, 1.165) is 17.3 Å². The summed E-state index contributed by atoms with van der Waals surface area (Å²) >= 11 is 3.56. The van der Waals surface area contributed by atoms with E-state index in [2.05, 4.69) is 34.2 Å². The highest BCUT2D eigenvalue weighted by Crippen LogP contribution is 2.47. The molecule has 0 radical (unpaired) electrons. The van der Waals surface area contributed by atoms with Crippen molar-refractivity contribution in [3.63, 3.8) is 0 Å². The Bertz CT molecular complexity index is 531. The minimum absolute atomic E-state index is 0.0328. The maximum absolute atomic E-state index is 12.5. The first kappa shape index (κ1) is 15.0. The van der Waals surface area contributed by atoms with Gasteiger partial charge in [0.15, 0.2) is 0 Å². The lowest BCUT2D eigenvalue weighted by molar-refractivity contribution is -0.127. The van der Waals surface area contributed by atoms with E-state index in [1.807, 2.05) is 18.2 Å². The van der Waals surface area contributed by atoms with E-state index in [1.165, 1.54) is 18.4 Å². The number of carbonyl (C=O) groups is 1. The van der Waals surface area contributed by atoms with Gasteiger partial charge in [0.05, 0.1) is 5.92 Å². The summed E-state index contributed by atoms with van der Waals surface area (Å²) < 4.78 is 1.10. The average Bonchev–Trinajstić information content (AvgIpc) is 3.01. The summed E-state index contributed by atoms with van der Waals surface area (Å²) in [6.07, 6.45) is 4.37. The minimum atomic E-state index is 0.0328. The fourth-order valence-electron chi connectivity index (χ4n) is 4.11. The van der Waals surface area contributed by atoms with Crippen LogP contribution in [0, 0.1) is 17.8 Å². The summed E-state index contributed by atoms with van der Waals surface area (Å²) in [7, 11) is 0. The van der Waals surface area contributed by atoms with Gasteiger partial charge < -0.3 is 11.1 Å². The molecule has 2 fully saturated rings. The van der Waals surface area contributed by atoms with Gasteiger partial charge in [0.25, 0.3) is 0 Å². The van der Waals surface area contributed by atoms with Crippen LogP contribution in [0.25, 0.3) is 0 Å². The normalized spacial score (nSPS) is 32.1. The Morgan fingerprint density at radius 3 is 2.76 bits per heavy atom. The zero-order valence-electron chi connectivity index (χ0n) is 12.4. The van der Waals surface area contributed by atoms with Crippen molar-refractivity contribution in [1.82, 2.24) is 5.32 Å². The molecule has 0 aromatic heterocycles. The summed E-state index contributed by atoms with van der Waals surface area (Å²) in [5, 5.41) is 3.17. The van der Waals surface area contributed by atoms with Crippen LogP contribution in [-0.4, -0.2) is 18.0 Å². The second kappa shape index (κ2) is 6.09. The average molecular weight is 351 g/mol. The van der Waals surface area contributed by atoms with Crippen LogP contribution in [0.2, 0.25) is 0 Å². The molecule has 5 atom stereocenters. The Kier molecular flexibility index (Phi) is 4.36. The Morgan fingerprint density at radius 1 is 1.38 bits per heavy atom. The maximum atomic E-state index is 12.5. The molecule has 1 aromatic rings. The van der Waals surface area contributed by atoms with Crippen molar-refractivity contribution < 1.29 is 4.79 Å². The zero-order valence-corrected chi connectivity index (χ0v) is 14.0. The van der Waals surface area contributed by atoms with E-state index < -0.39 is 0 Å². The largest absolute Gasteiger partial charge is 0.353 e. The van der Waals surface area contributed by atoms with Crippen LogP contribution in [0.1, 0.15) is 31.7 Å². The zero-order chi connectivity index (χ0) is 15.0. The molecule has 3 nitrogen and oxygen atoms in total. The smallest absolute Gasteiger partial charge is 0.225 e. The van der Waals surface area contributed by atoms with Crippen molar-refractivity contribution in [3.05, 3.63) is 34.3 Å². The van der Waals surface area contributed by atoms with Gasteiger partial charge in [-0.25, -0.2) is 0 Å². The van der Waals surface area contributed by atoms with Crippen LogP contribution in [0.3, 0.4) is 0 Å². The Labute approximate surface area is 134 Å². The number of amides is 1. The first-order valence-electron chi connectivity index (χ1n) is 7.85. The maximum Gasteiger partial charge on any atom is 0.225 e. The molecule has 5 unspecified atom stereocenters. The van der Waals surface area contributed by atoms with Crippen molar-refractivity contribution in [2.24, 2.45) is 23.5 Å². The molecular weight excluding hydrogens is 328 g/mol. The van der Waals surface area contributed by atoms with E-state index >= 15 is 0 Å². The van der Waals surface area contributed by atoms with Gasteiger partial charge in [0.2, 0.25) is 5.91 Å². The van der Waals surface area contributed by atoms with Gasteiger partial charge in [-0.05, 0) is 56.1 Å². The lowest BCUT2D eigenvalue weighted by Crippen LogP contribution is -2.47. The third-order valence-electron chi connectivity index (χ3n) is 5.16. The summed E-state index contributed by atoms with van der Waals surface area (Å²) in [6.45, 7) is 2.07. The first-order valence-corrected chi connectivity index (χ1v) is 8.65. The molecule has 4 heteroatoms. The molecule has 0 aliphatic heterocycles. The Hall–Kier alpha value is -0.870. The quantitative estimate of drug-likeness (QED) is 0.877. The molecule has 21 heavy (non-hydrogen) atoms. The number of hydrogen-bond donors (Lipinski definition) is 2. The minimum Gasteiger partial charge on any atom is -0.353 e. The SMILES string of the molecule is CC(Cc1ccccc1Br)NC(=O)C1C2CCC(C2)C1N. The Morgan fingerprint density at radius 2 is 2.10 bits per heavy atom. The lowest BCUT2D eigenvalue weighted by atomic mass is 9.84. The predicted molar refractivity (Wildman–Crippen MR) is 87.7 cm³/mol. The van der Waals surface area contributed by atoms with Crippen LogP contribution in [0.5, 0.6) is 0 Å². The number of nitrogens with one attached hydrogen (secondary N) is 1. The van der Waals surface area contributed by atoms with Gasteiger partial charge >= 0.3 is 0 Å². The van der Waals surface area contributed by atoms with Crippen molar-refractivity contribution in [2.75, 3.05) is 0 Å². The van der Waals surface area contributed by atoms with E-state index in [-0.39, 0.29) is 23.9 Å². The van der Waals surface area contributed by atoms with Crippen LogP contribution in [-0.2, 0) is 11.2 Å². The van der Waals surface area contributed by atoms with Crippen LogP contribution >= 0.6 is 15.9 Å². The number of fused-ring (bicyclic) bond motifs is 2. The molecule has 0 heterocycles. The van der Waals surface area contributed by atoms with Crippen LogP contribution < -0.4 is 11.1 Å². The molecule has 1 aromatic carbocycles. The molecule has 2 bridgehead atoms. The molecule has 0 spiro atoms. The van der Waals surface area contributed by atoms with Crippen molar-refractivity contribution in [2.45, 2.75) is 44.7 Å². The predicted octanol–water partition coefficient (Wildman–Crippen LogP) is 2.87. The van der Waals surface area contributed by atoms with E-state index in [0.29, 0.717) is 11.8 Å². The summed E-state index contributed by atoms with van der Waals surface area (Å²) in [6, 6.07) is 8.36. The van der Waals surface area contributed by atoms with E-state index in [4.69, 9.17) is 5.73 Å². The van der Waals surface area contributed by atoms with Crippen LogP contribution in [0.4, 0.5) is 0 Å². The van der Waals surface area contributed by atoms with Crippen molar-refractivity contribution in [1.29, 1.82) is 0 Å². The molecule has 114 valence electrons. The molecule has 2 aliphatic carbocycles. The number of nitrogens with two attached hydrogens (primary N) is 1. The highest BCUT2D eigenvalue weighted by Gasteiger charge is 2.49. The third-order valence-corrected chi connectivity index (χ3v) is 5.93. The number of benzene rings is 1. The lowest BCUT2D eigenvalue weighted by Gasteiger charge is -2.28. The summed E-state index contributed by atoms with van der Waals surface area (Å²) in [5.74, 6) is 1.28. The third kappa shape index (κ3) is 3.02. The molecule has 2 saturated carbocycles. The second-order valence-corrected chi connectivity index (χ2v) is 7.50. The topological polar surface area (TPSA) is 55.1 Å². The van der Waals surface area contributed by atoms with Gasteiger partial charge in [0, 0.05) is 16.6 Å². The summed E-state index contributed by atoms with van der Waals surface area (Å²) in [4.78, 5) is 12.5. The van der Waals surface area contributed by atoms with Crippen LogP contribution in [0.15, 0.2) is 28.7 Å². The first-order chi connectivity index (χ1) is 10.1. The molecule has 1 amide bonds. The molecule has 3 rings (SSSR count). The number of halogens is 1. The highest BCUT2D eigenvalue weighted by molar-refractivity contribution is 9.10. The molecule has 3 N–H and O–H groups in total.